The Bertz CT molecular complexity index is 2940. The fourth-order valence-electron chi connectivity index (χ4n) is 7.87. The van der Waals surface area contributed by atoms with Gasteiger partial charge in [-0.2, -0.15) is 0 Å². The maximum Gasteiger partial charge on any atom is 0.201 e. The second-order valence-corrected chi connectivity index (χ2v) is 17.4. The molecular weight excluding hydrogens is 757 g/mol. The number of hydrogen-bond acceptors (Lipinski definition) is 3. The lowest BCUT2D eigenvalue weighted by atomic mass is 9.92. The molecule has 0 N–H and O–H groups in total. The van der Waals surface area contributed by atoms with Crippen molar-refractivity contribution in [1.29, 1.82) is 0 Å². The molecule has 0 saturated heterocycles. The smallest absolute Gasteiger partial charge is 0.201 e. The topological polar surface area (TPSA) is 35.5 Å². The number of hydrogen-bond donors (Lipinski definition) is 0. The van der Waals surface area contributed by atoms with Gasteiger partial charge < -0.3 is 13.1 Å². The Hall–Kier alpha value is -5.01. The van der Waals surface area contributed by atoms with Gasteiger partial charge >= 0.3 is 0 Å². The summed E-state index contributed by atoms with van der Waals surface area (Å²) in [4.78, 5) is 0. The quantitative estimate of drug-likeness (QED) is 0.157. The molecule has 0 amide bonds. The van der Waals surface area contributed by atoms with E-state index in [1.165, 1.54) is 15.9 Å². The van der Waals surface area contributed by atoms with Crippen molar-refractivity contribution >= 4 is 99.2 Å². The summed E-state index contributed by atoms with van der Waals surface area (Å²) >= 11 is 14.4. The van der Waals surface area contributed by atoms with Crippen LogP contribution >= 0.6 is 39.8 Å². The Morgan fingerprint density at radius 3 is 1.76 bits per heavy atom. The molecule has 8 aromatic carbocycles. The maximum absolute atomic E-state index is 7.27. The van der Waals surface area contributed by atoms with Gasteiger partial charge in [0.05, 0.1) is 0 Å². The van der Waals surface area contributed by atoms with Gasteiger partial charge in [-0.1, -0.05) is 138 Å². The highest BCUT2D eigenvalue weighted by molar-refractivity contribution is 7.80. The van der Waals surface area contributed by atoms with Gasteiger partial charge in [-0.3, -0.25) is 0 Å². The second kappa shape index (κ2) is 14.6. The first-order valence-electron chi connectivity index (χ1n) is 18.1. The number of rotatable bonds is 6. The van der Waals surface area contributed by atoms with E-state index in [4.69, 9.17) is 36.3 Å². The van der Waals surface area contributed by atoms with Crippen molar-refractivity contribution in [2.24, 2.45) is 0 Å². The highest BCUT2D eigenvalue weighted by atomic mass is 35.5. The number of halogens is 2. The molecule has 55 heavy (non-hydrogen) atoms. The van der Waals surface area contributed by atoms with E-state index in [0.29, 0.717) is 22.1 Å². The SMILES string of the molecule is Cc1cc(Oc2cc3ccccc3c3c2o[pH]oc2ccc4ccccc4c23)c(-c2c(P(c3ccccc3)c3ccccc3)cc(C)c(Cl)c2C)c(C)c1Cl. The molecule has 0 fully saturated rings. The Labute approximate surface area is 332 Å². The van der Waals surface area contributed by atoms with Crippen LogP contribution < -0.4 is 20.7 Å². The van der Waals surface area contributed by atoms with Crippen LogP contribution in [-0.4, -0.2) is 0 Å². The molecule has 0 bridgehead atoms. The van der Waals surface area contributed by atoms with Crippen LogP contribution in [0, 0.1) is 27.7 Å². The van der Waals surface area contributed by atoms with E-state index >= 15 is 0 Å². The van der Waals surface area contributed by atoms with Crippen molar-refractivity contribution in [2.45, 2.75) is 27.7 Å². The normalized spacial score (nSPS) is 11.8. The molecule has 0 saturated carbocycles. The number of benzene rings is 8. The highest BCUT2D eigenvalue weighted by Crippen LogP contribution is 2.49. The Kier molecular flexibility index (Phi) is 9.45. The van der Waals surface area contributed by atoms with Gasteiger partial charge in [-0.05, 0) is 125 Å². The molecule has 0 aliphatic heterocycles. The predicted octanol–water partition coefficient (Wildman–Crippen LogP) is 14.4. The van der Waals surface area contributed by atoms with Gasteiger partial charge in [0, 0.05) is 26.4 Å². The average Bonchev–Trinajstić information content (AvgIpc) is 3.42. The van der Waals surface area contributed by atoms with E-state index in [1.54, 1.807) is 0 Å². The molecule has 9 aromatic rings. The zero-order valence-electron chi connectivity index (χ0n) is 30.7. The molecule has 0 spiro atoms. The molecule has 1 unspecified atom stereocenters. The number of ether oxygens (including phenoxy) is 1. The van der Waals surface area contributed by atoms with E-state index in [-0.39, 0.29) is 8.67 Å². The number of fused-ring (bicyclic) bond motifs is 7. The van der Waals surface area contributed by atoms with Crippen LogP contribution in [0.3, 0.4) is 0 Å². The van der Waals surface area contributed by atoms with Crippen LogP contribution in [0.2, 0.25) is 10.0 Å². The standard InChI is InChI=1S/C48H36Cl2O3P2/c1-28-25-39(51-40-27-33-16-12-14-22-37(33)45-44-36-21-13-11-15-32(36)23-24-38(44)52-54-53-48(40)45)42(30(3)46(28)49)43-31(4)47(50)29(2)26-41(43)55(34-17-7-5-8-18-34)35-19-9-6-10-20-35/h5-27,54H,1-4H3. The van der Waals surface area contributed by atoms with Crippen molar-refractivity contribution in [3.05, 3.63) is 172 Å². The Morgan fingerprint density at radius 2 is 1.09 bits per heavy atom. The lowest BCUT2D eigenvalue weighted by Crippen LogP contribution is -2.23. The van der Waals surface area contributed by atoms with E-state index in [1.807, 2.05) is 13.0 Å². The molecular formula is C48H36Cl2O3P2. The van der Waals surface area contributed by atoms with Gasteiger partial charge in [0.2, 0.25) is 8.67 Å². The Morgan fingerprint density at radius 1 is 0.527 bits per heavy atom. The first-order valence-corrected chi connectivity index (χ1v) is 21.1. The van der Waals surface area contributed by atoms with Gasteiger partial charge in [0.25, 0.3) is 0 Å². The first kappa shape index (κ1) is 35.7. The summed E-state index contributed by atoms with van der Waals surface area (Å²) in [7, 11) is -1.28. The van der Waals surface area contributed by atoms with Crippen molar-refractivity contribution in [1.82, 2.24) is 0 Å². The minimum Gasteiger partial charge on any atom is -0.453 e. The van der Waals surface area contributed by atoms with Crippen LogP contribution in [0.15, 0.2) is 148 Å². The van der Waals surface area contributed by atoms with Gasteiger partial charge in [-0.15, -0.1) is 0 Å². The average molecular weight is 794 g/mol. The van der Waals surface area contributed by atoms with Crippen LogP contribution in [0.1, 0.15) is 22.3 Å². The Balaban J connectivity index is 1.37. The molecule has 1 atom stereocenters. The summed E-state index contributed by atoms with van der Waals surface area (Å²) in [5, 5.41) is 11.3. The van der Waals surface area contributed by atoms with Crippen LogP contribution in [0.5, 0.6) is 11.5 Å². The summed E-state index contributed by atoms with van der Waals surface area (Å²) in [6, 6.07) is 48.8. The van der Waals surface area contributed by atoms with Gasteiger partial charge in [0.15, 0.2) is 11.3 Å². The predicted molar refractivity (Wildman–Crippen MR) is 238 cm³/mol. The lowest BCUT2D eigenvalue weighted by Gasteiger charge is -2.27. The van der Waals surface area contributed by atoms with Gasteiger partial charge in [-0.25, -0.2) is 0 Å². The van der Waals surface area contributed by atoms with Crippen molar-refractivity contribution in [3.63, 3.8) is 0 Å². The van der Waals surface area contributed by atoms with E-state index < -0.39 is 7.92 Å². The van der Waals surface area contributed by atoms with Crippen LogP contribution in [0.4, 0.5) is 0 Å². The van der Waals surface area contributed by atoms with Crippen LogP contribution in [0.25, 0.3) is 54.6 Å². The van der Waals surface area contributed by atoms with Crippen LogP contribution in [-0.2, 0) is 0 Å². The second-order valence-electron chi connectivity index (χ2n) is 13.9. The first-order chi connectivity index (χ1) is 26.8. The molecule has 0 aliphatic rings. The zero-order chi connectivity index (χ0) is 37.8. The van der Waals surface area contributed by atoms with Gasteiger partial charge in [0.1, 0.15) is 11.3 Å². The fraction of sp³-hybridized carbons (Fsp3) is 0.0833. The zero-order valence-corrected chi connectivity index (χ0v) is 34.1. The summed E-state index contributed by atoms with van der Waals surface area (Å²) < 4.78 is 20.2. The summed E-state index contributed by atoms with van der Waals surface area (Å²) in [5.41, 5.74) is 7.19. The molecule has 270 valence electrons. The minimum atomic E-state index is -1.02. The molecule has 1 heterocycles. The summed E-state index contributed by atoms with van der Waals surface area (Å²) in [6.45, 7) is 8.30. The molecule has 3 nitrogen and oxygen atoms in total. The summed E-state index contributed by atoms with van der Waals surface area (Å²) in [6.07, 6.45) is 0. The monoisotopic (exact) mass is 792 g/mol. The molecule has 0 radical (unpaired) electrons. The maximum atomic E-state index is 7.27. The van der Waals surface area contributed by atoms with E-state index in [0.717, 1.165) is 76.3 Å². The molecule has 1 aromatic heterocycles. The van der Waals surface area contributed by atoms with E-state index in [9.17, 15) is 0 Å². The van der Waals surface area contributed by atoms with Crippen molar-refractivity contribution in [3.8, 4) is 22.6 Å². The number of aryl methyl sites for hydroxylation is 2. The van der Waals surface area contributed by atoms with Crippen molar-refractivity contribution in [2.75, 3.05) is 0 Å². The highest BCUT2D eigenvalue weighted by Gasteiger charge is 2.28. The molecule has 0 aliphatic carbocycles. The third kappa shape index (κ3) is 6.21. The minimum absolute atomic E-state index is 0.267. The van der Waals surface area contributed by atoms with Crippen molar-refractivity contribution < 1.29 is 13.1 Å². The fourth-order valence-corrected chi connectivity index (χ4v) is 11.4. The van der Waals surface area contributed by atoms with E-state index in [2.05, 4.69) is 154 Å². The molecule has 9 rings (SSSR count). The lowest BCUT2D eigenvalue weighted by molar-refractivity contribution is 0.480. The third-order valence-electron chi connectivity index (χ3n) is 10.4. The summed E-state index contributed by atoms with van der Waals surface area (Å²) in [5.74, 6) is 1.27. The molecule has 7 heteroatoms. The largest absolute Gasteiger partial charge is 0.453 e. The third-order valence-corrected chi connectivity index (χ3v) is 14.7.